The van der Waals surface area contributed by atoms with E-state index in [0.29, 0.717) is 22.7 Å². The summed E-state index contributed by atoms with van der Waals surface area (Å²) in [4.78, 5) is 0. The van der Waals surface area contributed by atoms with Crippen LogP contribution in [0.3, 0.4) is 0 Å². The first kappa shape index (κ1) is 23.8. The molecule has 0 heterocycles. The molecular weight excluding hydrogens is 376 g/mol. The number of rotatable bonds is 7. The molecule has 3 fully saturated rings. The fourth-order valence-electron chi connectivity index (χ4n) is 9.50. The maximum atomic E-state index is 10.8. The summed E-state index contributed by atoms with van der Waals surface area (Å²) >= 11 is 0. The highest BCUT2D eigenvalue weighted by Crippen LogP contribution is 2.67. The molecular formula is C30H52O. The maximum absolute atomic E-state index is 10.8. The second-order valence-electron chi connectivity index (χ2n) is 13.2. The maximum Gasteiger partial charge on any atom is 0.0571 e. The van der Waals surface area contributed by atoms with Crippen LogP contribution in [0.25, 0.3) is 0 Å². The van der Waals surface area contributed by atoms with E-state index in [0.717, 1.165) is 36.0 Å². The highest BCUT2D eigenvalue weighted by molar-refractivity contribution is 5.28. The van der Waals surface area contributed by atoms with Gasteiger partial charge < -0.3 is 5.11 Å². The van der Waals surface area contributed by atoms with Crippen molar-refractivity contribution in [3.63, 3.8) is 0 Å². The van der Waals surface area contributed by atoms with E-state index in [1.165, 1.54) is 70.6 Å². The lowest BCUT2D eigenvalue weighted by atomic mass is 9.45. The van der Waals surface area contributed by atoms with E-state index in [9.17, 15) is 5.11 Å². The summed E-state index contributed by atoms with van der Waals surface area (Å²) in [6.45, 7) is 14.9. The molecule has 4 rings (SSSR count). The molecule has 0 bridgehead atoms. The van der Waals surface area contributed by atoms with Crippen molar-refractivity contribution >= 4 is 0 Å². The van der Waals surface area contributed by atoms with Crippen molar-refractivity contribution in [2.75, 3.05) is 0 Å². The lowest BCUT2D eigenvalue weighted by Gasteiger charge is -2.59. The number of aliphatic hydroxyl groups is 1. The van der Waals surface area contributed by atoms with E-state index < -0.39 is 0 Å². The Morgan fingerprint density at radius 1 is 0.968 bits per heavy atom. The summed E-state index contributed by atoms with van der Waals surface area (Å²) in [5.74, 6) is 5.55. The van der Waals surface area contributed by atoms with Gasteiger partial charge in [-0.3, -0.25) is 0 Å². The topological polar surface area (TPSA) is 20.2 Å². The molecule has 2 unspecified atom stereocenters. The van der Waals surface area contributed by atoms with Crippen molar-refractivity contribution in [1.29, 1.82) is 0 Å². The molecule has 0 aromatic rings. The van der Waals surface area contributed by atoms with Gasteiger partial charge in [0, 0.05) is 0 Å². The van der Waals surface area contributed by atoms with Gasteiger partial charge in [-0.1, -0.05) is 78.9 Å². The average Bonchev–Trinajstić information content (AvgIpc) is 3.07. The van der Waals surface area contributed by atoms with Gasteiger partial charge >= 0.3 is 0 Å². The van der Waals surface area contributed by atoms with E-state index >= 15 is 0 Å². The largest absolute Gasteiger partial charge is 0.393 e. The van der Waals surface area contributed by atoms with Crippen molar-refractivity contribution in [3.05, 3.63) is 11.6 Å². The summed E-state index contributed by atoms with van der Waals surface area (Å²) in [7, 11) is 0. The van der Waals surface area contributed by atoms with Crippen molar-refractivity contribution in [3.8, 4) is 0 Å². The second-order valence-corrected chi connectivity index (χ2v) is 13.2. The van der Waals surface area contributed by atoms with Crippen LogP contribution in [0.1, 0.15) is 119 Å². The Balaban J connectivity index is 1.53. The first-order valence-electron chi connectivity index (χ1n) is 14.1. The Hall–Kier alpha value is -0.300. The molecule has 0 spiro atoms. The SMILES string of the molecule is CCCC1C2CC=C3[C@@H]4CC[C@H]([C@H](C)CCCC(C)C)[C@@]4(C)CC[C@@H]3[C@@]2(C)CC[C@@H]1O. The van der Waals surface area contributed by atoms with Gasteiger partial charge in [-0.05, 0) is 104 Å². The van der Waals surface area contributed by atoms with Gasteiger partial charge in [-0.2, -0.15) is 0 Å². The summed E-state index contributed by atoms with van der Waals surface area (Å²) in [5.41, 5.74) is 2.86. The summed E-state index contributed by atoms with van der Waals surface area (Å²) in [6.07, 6.45) is 18.7. The first-order chi connectivity index (χ1) is 14.7. The van der Waals surface area contributed by atoms with Crippen molar-refractivity contribution in [2.45, 2.75) is 125 Å². The van der Waals surface area contributed by atoms with E-state index in [1.54, 1.807) is 0 Å². The molecule has 0 amide bonds. The lowest BCUT2D eigenvalue weighted by molar-refractivity contribution is -0.0858. The number of fused-ring (bicyclic) bond motifs is 5. The Labute approximate surface area is 193 Å². The predicted octanol–water partition coefficient (Wildman–Crippen LogP) is 8.41. The molecule has 0 aromatic carbocycles. The molecule has 4 aliphatic rings. The smallest absolute Gasteiger partial charge is 0.0571 e. The molecule has 31 heavy (non-hydrogen) atoms. The third-order valence-corrected chi connectivity index (χ3v) is 11.2. The molecule has 0 saturated heterocycles. The minimum absolute atomic E-state index is 0.0515. The standard InChI is InChI=1S/C30H52O/c1-7-9-23-26-13-12-22-25-15-14-24(21(4)11-8-10-20(2)3)29(25,5)18-16-27(22)30(26,6)19-17-28(23)31/h12,20-21,23-28,31H,7-11,13-19H2,1-6H3/t21-,23?,24-,25+,26?,27+,28+,29-,30+/m1/s1. The Bertz CT molecular complexity index is 649. The minimum Gasteiger partial charge on any atom is -0.393 e. The molecule has 1 heteroatoms. The van der Waals surface area contributed by atoms with Gasteiger partial charge in [0.2, 0.25) is 0 Å². The van der Waals surface area contributed by atoms with E-state index in [-0.39, 0.29) is 6.10 Å². The van der Waals surface area contributed by atoms with Crippen LogP contribution in [-0.2, 0) is 0 Å². The van der Waals surface area contributed by atoms with Gasteiger partial charge in [-0.25, -0.2) is 0 Å². The Morgan fingerprint density at radius 3 is 2.39 bits per heavy atom. The quantitative estimate of drug-likeness (QED) is 0.403. The van der Waals surface area contributed by atoms with Crippen LogP contribution in [0.5, 0.6) is 0 Å². The number of hydrogen-bond acceptors (Lipinski definition) is 1. The number of aliphatic hydroxyl groups excluding tert-OH is 1. The molecule has 9 atom stereocenters. The van der Waals surface area contributed by atoms with Crippen LogP contribution < -0.4 is 0 Å². The van der Waals surface area contributed by atoms with Gasteiger partial charge in [0.05, 0.1) is 6.10 Å². The van der Waals surface area contributed by atoms with Crippen molar-refractivity contribution in [2.24, 2.45) is 52.3 Å². The first-order valence-corrected chi connectivity index (χ1v) is 14.1. The molecule has 1 N–H and O–H groups in total. The van der Waals surface area contributed by atoms with Crippen LogP contribution in [0.15, 0.2) is 11.6 Å². The second kappa shape index (κ2) is 9.15. The van der Waals surface area contributed by atoms with Gasteiger partial charge in [0.15, 0.2) is 0 Å². The van der Waals surface area contributed by atoms with Crippen LogP contribution in [0.4, 0.5) is 0 Å². The summed E-state index contributed by atoms with van der Waals surface area (Å²) in [5, 5.41) is 10.8. The van der Waals surface area contributed by atoms with Crippen LogP contribution in [-0.4, -0.2) is 11.2 Å². The zero-order chi connectivity index (χ0) is 22.4. The monoisotopic (exact) mass is 428 g/mol. The molecule has 1 nitrogen and oxygen atoms in total. The van der Waals surface area contributed by atoms with Gasteiger partial charge in [-0.15, -0.1) is 0 Å². The highest BCUT2D eigenvalue weighted by Gasteiger charge is 2.59. The molecule has 0 radical (unpaired) electrons. The Morgan fingerprint density at radius 2 is 1.68 bits per heavy atom. The van der Waals surface area contributed by atoms with Crippen molar-refractivity contribution in [1.82, 2.24) is 0 Å². The molecule has 3 saturated carbocycles. The zero-order valence-corrected chi connectivity index (χ0v) is 21.6. The van der Waals surface area contributed by atoms with E-state index in [4.69, 9.17) is 0 Å². The van der Waals surface area contributed by atoms with Crippen LogP contribution in [0, 0.1) is 52.3 Å². The number of hydrogen-bond donors (Lipinski definition) is 1. The average molecular weight is 429 g/mol. The zero-order valence-electron chi connectivity index (χ0n) is 21.6. The lowest BCUT2D eigenvalue weighted by Crippen LogP contribution is -2.53. The fourth-order valence-corrected chi connectivity index (χ4v) is 9.50. The molecule has 178 valence electrons. The third kappa shape index (κ3) is 4.08. The third-order valence-electron chi connectivity index (χ3n) is 11.2. The number of allylic oxidation sites excluding steroid dienone is 2. The molecule has 4 aliphatic carbocycles. The van der Waals surface area contributed by atoms with Gasteiger partial charge in [0.1, 0.15) is 0 Å². The Kier molecular flexibility index (Phi) is 7.04. The van der Waals surface area contributed by atoms with Crippen molar-refractivity contribution < 1.29 is 5.11 Å². The normalized spacial score (nSPS) is 45.6. The highest BCUT2D eigenvalue weighted by atomic mass is 16.3. The minimum atomic E-state index is -0.0515. The molecule has 0 aliphatic heterocycles. The van der Waals surface area contributed by atoms with Crippen LogP contribution >= 0.6 is 0 Å². The summed E-state index contributed by atoms with van der Waals surface area (Å²) in [6, 6.07) is 0. The van der Waals surface area contributed by atoms with Crippen LogP contribution in [0.2, 0.25) is 0 Å². The molecule has 0 aromatic heterocycles. The van der Waals surface area contributed by atoms with E-state index in [2.05, 4.69) is 47.6 Å². The van der Waals surface area contributed by atoms with Gasteiger partial charge in [0.25, 0.3) is 0 Å². The predicted molar refractivity (Wildman–Crippen MR) is 133 cm³/mol. The van der Waals surface area contributed by atoms with E-state index in [1.807, 2.05) is 5.57 Å². The summed E-state index contributed by atoms with van der Waals surface area (Å²) < 4.78 is 0. The fraction of sp³-hybridized carbons (Fsp3) is 0.933.